The molecule has 0 amide bonds. The molecule has 0 radical (unpaired) electrons. The highest BCUT2D eigenvalue weighted by atomic mass is 79.9. The van der Waals surface area contributed by atoms with Gasteiger partial charge in [0.2, 0.25) is 0 Å². The van der Waals surface area contributed by atoms with Crippen molar-refractivity contribution in [1.82, 2.24) is 14.8 Å². The Kier molecular flexibility index (Phi) is 3.53. The van der Waals surface area contributed by atoms with E-state index in [0.717, 1.165) is 10.0 Å². The third-order valence-electron chi connectivity index (χ3n) is 2.94. The van der Waals surface area contributed by atoms with Crippen LogP contribution in [0.25, 0.3) is 17.1 Å². The SMILES string of the molecule is O=C(O)c1cn(-c2ccc(Br)cn2)nc1-c1ccccc1. The van der Waals surface area contributed by atoms with Gasteiger partial charge in [-0.2, -0.15) is 5.10 Å². The Bertz CT molecular complexity index is 782. The molecule has 104 valence electrons. The molecule has 2 heterocycles. The van der Waals surface area contributed by atoms with Crippen LogP contribution >= 0.6 is 15.9 Å². The van der Waals surface area contributed by atoms with Crippen LogP contribution < -0.4 is 0 Å². The number of hydrogen-bond acceptors (Lipinski definition) is 3. The molecule has 0 unspecified atom stereocenters. The number of carboxylic acids is 1. The molecule has 21 heavy (non-hydrogen) atoms. The van der Waals surface area contributed by atoms with Gasteiger partial charge in [0, 0.05) is 22.4 Å². The van der Waals surface area contributed by atoms with Crippen LogP contribution in [0.1, 0.15) is 10.4 Å². The lowest BCUT2D eigenvalue weighted by molar-refractivity contribution is 0.0697. The number of carboxylic acid groups (broad SMARTS) is 1. The second-order valence-electron chi connectivity index (χ2n) is 4.34. The van der Waals surface area contributed by atoms with Gasteiger partial charge >= 0.3 is 5.97 Å². The van der Waals surface area contributed by atoms with Crippen molar-refractivity contribution in [3.05, 3.63) is 64.9 Å². The molecule has 3 aromatic rings. The van der Waals surface area contributed by atoms with Crippen LogP contribution in [-0.2, 0) is 0 Å². The van der Waals surface area contributed by atoms with Crippen LogP contribution in [0.3, 0.4) is 0 Å². The van der Waals surface area contributed by atoms with E-state index < -0.39 is 5.97 Å². The summed E-state index contributed by atoms with van der Waals surface area (Å²) in [6, 6.07) is 12.8. The first kappa shape index (κ1) is 13.5. The van der Waals surface area contributed by atoms with Gasteiger partial charge in [0.15, 0.2) is 5.82 Å². The summed E-state index contributed by atoms with van der Waals surface area (Å²) in [6.45, 7) is 0. The molecule has 5 nitrogen and oxygen atoms in total. The summed E-state index contributed by atoms with van der Waals surface area (Å²) >= 11 is 3.31. The van der Waals surface area contributed by atoms with Crippen molar-refractivity contribution < 1.29 is 9.90 Å². The Morgan fingerprint density at radius 2 is 1.90 bits per heavy atom. The lowest BCUT2D eigenvalue weighted by Crippen LogP contribution is -1.97. The standard InChI is InChI=1S/C15H10BrN3O2/c16-11-6-7-13(17-8-11)19-9-12(15(20)21)14(18-19)10-4-2-1-3-5-10/h1-9H,(H,20,21). The number of rotatable bonds is 3. The van der Waals surface area contributed by atoms with Gasteiger partial charge in [0.1, 0.15) is 11.3 Å². The number of benzene rings is 1. The maximum atomic E-state index is 11.4. The van der Waals surface area contributed by atoms with Crippen LogP contribution in [0.4, 0.5) is 0 Å². The van der Waals surface area contributed by atoms with E-state index in [4.69, 9.17) is 0 Å². The molecule has 3 rings (SSSR count). The molecule has 0 aliphatic carbocycles. The van der Waals surface area contributed by atoms with Crippen LogP contribution in [0.2, 0.25) is 0 Å². The molecule has 0 aliphatic heterocycles. The molecule has 0 atom stereocenters. The minimum absolute atomic E-state index is 0.144. The van der Waals surface area contributed by atoms with E-state index in [9.17, 15) is 9.90 Å². The molecule has 0 aliphatic rings. The van der Waals surface area contributed by atoms with Crippen LogP contribution in [0.5, 0.6) is 0 Å². The maximum Gasteiger partial charge on any atom is 0.339 e. The third kappa shape index (κ3) is 2.71. The Labute approximate surface area is 129 Å². The molecule has 1 N–H and O–H groups in total. The van der Waals surface area contributed by atoms with Gasteiger partial charge < -0.3 is 5.11 Å². The van der Waals surface area contributed by atoms with Crippen molar-refractivity contribution in [3.8, 4) is 17.1 Å². The minimum Gasteiger partial charge on any atom is -0.478 e. The third-order valence-corrected chi connectivity index (χ3v) is 3.41. The van der Waals surface area contributed by atoms with E-state index in [1.54, 1.807) is 12.3 Å². The van der Waals surface area contributed by atoms with E-state index in [1.165, 1.54) is 10.9 Å². The Hall–Kier alpha value is -2.47. The fourth-order valence-electron chi connectivity index (χ4n) is 1.96. The quantitative estimate of drug-likeness (QED) is 0.791. The second kappa shape index (κ2) is 5.49. The first-order valence-electron chi connectivity index (χ1n) is 6.15. The molecular formula is C15H10BrN3O2. The Morgan fingerprint density at radius 3 is 2.52 bits per heavy atom. The zero-order valence-corrected chi connectivity index (χ0v) is 12.4. The van der Waals surface area contributed by atoms with Gasteiger partial charge in [-0.05, 0) is 28.1 Å². The molecular weight excluding hydrogens is 334 g/mol. The molecule has 0 saturated carbocycles. The Morgan fingerprint density at radius 1 is 1.14 bits per heavy atom. The maximum absolute atomic E-state index is 11.4. The lowest BCUT2D eigenvalue weighted by atomic mass is 10.1. The molecule has 6 heteroatoms. The van der Waals surface area contributed by atoms with Gasteiger partial charge in [-0.15, -0.1) is 0 Å². The van der Waals surface area contributed by atoms with E-state index in [1.807, 2.05) is 36.4 Å². The number of carbonyl (C=O) groups is 1. The van der Waals surface area contributed by atoms with Gasteiger partial charge in [-0.1, -0.05) is 30.3 Å². The molecule has 0 spiro atoms. The monoisotopic (exact) mass is 343 g/mol. The summed E-state index contributed by atoms with van der Waals surface area (Å²) in [4.78, 5) is 15.6. The number of aromatic nitrogens is 3. The predicted octanol–water partition coefficient (Wildman–Crippen LogP) is 3.40. The number of pyridine rings is 1. The van der Waals surface area contributed by atoms with Crippen molar-refractivity contribution in [2.45, 2.75) is 0 Å². The predicted molar refractivity (Wildman–Crippen MR) is 81.5 cm³/mol. The van der Waals surface area contributed by atoms with Crippen LogP contribution in [0.15, 0.2) is 59.3 Å². The summed E-state index contributed by atoms with van der Waals surface area (Å²) in [6.07, 6.45) is 3.11. The normalized spacial score (nSPS) is 10.5. The summed E-state index contributed by atoms with van der Waals surface area (Å²) in [7, 11) is 0. The highest BCUT2D eigenvalue weighted by molar-refractivity contribution is 9.10. The van der Waals surface area contributed by atoms with Crippen LogP contribution in [-0.4, -0.2) is 25.8 Å². The number of halogens is 1. The van der Waals surface area contributed by atoms with E-state index >= 15 is 0 Å². The summed E-state index contributed by atoms with van der Waals surface area (Å²) in [5.74, 6) is -0.458. The molecule has 1 aromatic carbocycles. The lowest BCUT2D eigenvalue weighted by Gasteiger charge is -2.00. The highest BCUT2D eigenvalue weighted by Gasteiger charge is 2.17. The number of hydrogen-bond donors (Lipinski definition) is 1. The van der Waals surface area contributed by atoms with Gasteiger partial charge in [-0.25, -0.2) is 14.5 Å². The average Bonchev–Trinajstić information content (AvgIpc) is 2.94. The van der Waals surface area contributed by atoms with Crippen molar-refractivity contribution in [1.29, 1.82) is 0 Å². The van der Waals surface area contributed by atoms with Gasteiger partial charge in [-0.3, -0.25) is 0 Å². The number of aromatic carboxylic acids is 1. The Balaban J connectivity index is 2.13. The zero-order chi connectivity index (χ0) is 14.8. The number of nitrogens with zero attached hydrogens (tertiary/aromatic N) is 3. The largest absolute Gasteiger partial charge is 0.478 e. The second-order valence-corrected chi connectivity index (χ2v) is 5.26. The zero-order valence-electron chi connectivity index (χ0n) is 10.8. The fourth-order valence-corrected chi connectivity index (χ4v) is 2.20. The summed E-state index contributed by atoms with van der Waals surface area (Å²) in [5.41, 5.74) is 1.32. The molecule has 0 saturated heterocycles. The van der Waals surface area contributed by atoms with E-state index in [2.05, 4.69) is 26.0 Å². The first-order chi connectivity index (χ1) is 10.1. The fraction of sp³-hybridized carbons (Fsp3) is 0. The van der Waals surface area contributed by atoms with Crippen molar-refractivity contribution in [3.63, 3.8) is 0 Å². The minimum atomic E-state index is -1.02. The smallest absolute Gasteiger partial charge is 0.339 e. The van der Waals surface area contributed by atoms with Crippen molar-refractivity contribution >= 4 is 21.9 Å². The summed E-state index contributed by atoms with van der Waals surface area (Å²) < 4.78 is 2.32. The summed E-state index contributed by atoms with van der Waals surface area (Å²) in [5, 5.41) is 13.7. The molecule has 2 aromatic heterocycles. The van der Waals surface area contributed by atoms with E-state index in [-0.39, 0.29) is 5.56 Å². The van der Waals surface area contributed by atoms with Gasteiger partial charge in [0.25, 0.3) is 0 Å². The molecule has 0 fully saturated rings. The van der Waals surface area contributed by atoms with E-state index in [0.29, 0.717) is 11.5 Å². The van der Waals surface area contributed by atoms with Crippen LogP contribution in [0, 0.1) is 0 Å². The average molecular weight is 344 g/mol. The highest BCUT2D eigenvalue weighted by Crippen LogP contribution is 2.23. The topological polar surface area (TPSA) is 68.0 Å². The molecule has 0 bridgehead atoms. The first-order valence-corrected chi connectivity index (χ1v) is 6.95. The van der Waals surface area contributed by atoms with Crippen molar-refractivity contribution in [2.24, 2.45) is 0 Å². The van der Waals surface area contributed by atoms with Gasteiger partial charge in [0.05, 0.1) is 0 Å². The van der Waals surface area contributed by atoms with Crippen molar-refractivity contribution in [2.75, 3.05) is 0 Å².